The Morgan fingerprint density at radius 2 is 1.40 bits per heavy atom. The van der Waals surface area contributed by atoms with E-state index < -0.39 is 0 Å². The minimum absolute atomic E-state index is 0.0419. The van der Waals surface area contributed by atoms with Gasteiger partial charge in [-0.25, -0.2) is 0 Å². The Morgan fingerprint density at radius 1 is 0.800 bits per heavy atom. The van der Waals surface area contributed by atoms with Crippen LogP contribution in [0.5, 0.6) is 0 Å². The maximum absolute atomic E-state index is 2.62. The standard InChI is InChI=1S/C24H27N/c1-18-23(19-12-6-4-7-13-19)21-16-10-11-17-22(21)25(18)24(2,3)20-14-8-5-9-15-20/h4-9,12-15H,10-11,16-17H2,1-3H3. The van der Waals surface area contributed by atoms with Gasteiger partial charge in [0.2, 0.25) is 0 Å². The fraction of sp³-hybridized carbons (Fsp3) is 0.333. The first-order valence-electron chi connectivity index (χ1n) is 9.45. The summed E-state index contributed by atoms with van der Waals surface area (Å²) in [5.41, 5.74) is 8.71. The molecule has 0 bridgehead atoms. The lowest BCUT2D eigenvalue weighted by Crippen LogP contribution is -2.31. The molecule has 2 aromatic carbocycles. The second-order valence-electron chi connectivity index (χ2n) is 7.72. The van der Waals surface area contributed by atoms with Crippen molar-refractivity contribution in [1.29, 1.82) is 0 Å². The number of hydrogen-bond donors (Lipinski definition) is 0. The van der Waals surface area contributed by atoms with Gasteiger partial charge in [-0.05, 0) is 63.1 Å². The molecule has 0 saturated heterocycles. The van der Waals surface area contributed by atoms with Crippen LogP contribution in [0.3, 0.4) is 0 Å². The number of aromatic nitrogens is 1. The van der Waals surface area contributed by atoms with Gasteiger partial charge in [0.25, 0.3) is 0 Å². The van der Waals surface area contributed by atoms with Crippen molar-refractivity contribution in [2.45, 2.75) is 52.0 Å². The van der Waals surface area contributed by atoms with Crippen LogP contribution < -0.4 is 0 Å². The second-order valence-corrected chi connectivity index (χ2v) is 7.72. The molecule has 0 radical (unpaired) electrons. The monoisotopic (exact) mass is 329 g/mol. The third-order valence-corrected chi connectivity index (χ3v) is 5.81. The maximum atomic E-state index is 2.62. The minimum Gasteiger partial charge on any atom is -0.338 e. The molecule has 0 unspecified atom stereocenters. The zero-order valence-electron chi connectivity index (χ0n) is 15.5. The normalized spacial score (nSPS) is 14.4. The Hall–Kier alpha value is -2.28. The van der Waals surface area contributed by atoms with E-state index in [9.17, 15) is 0 Å². The maximum Gasteiger partial charge on any atom is 0.0640 e. The van der Waals surface area contributed by atoms with Crippen molar-refractivity contribution in [2.24, 2.45) is 0 Å². The van der Waals surface area contributed by atoms with Crippen molar-refractivity contribution in [1.82, 2.24) is 4.57 Å². The topological polar surface area (TPSA) is 4.93 Å². The summed E-state index contributed by atoms with van der Waals surface area (Å²) in [5, 5.41) is 0. The van der Waals surface area contributed by atoms with Crippen molar-refractivity contribution >= 4 is 0 Å². The van der Waals surface area contributed by atoms with Crippen molar-refractivity contribution in [2.75, 3.05) is 0 Å². The van der Waals surface area contributed by atoms with Crippen LogP contribution >= 0.6 is 0 Å². The molecule has 1 heteroatoms. The largest absolute Gasteiger partial charge is 0.338 e. The van der Waals surface area contributed by atoms with E-state index in [2.05, 4.69) is 86.0 Å². The summed E-state index contributed by atoms with van der Waals surface area (Å²) in [7, 11) is 0. The first kappa shape index (κ1) is 16.2. The Kier molecular flexibility index (Phi) is 4.03. The predicted octanol–water partition coefficient (Wildman–Crippen LogP) is 6.13. The Balaban J connectivity index is 1.97. The van der Waals surface area contributed by atoms with Crippen LogP contribution in [0, 0.1) is 6.92 Å². The Morgan fingerprint density at radius 3 is 2.08 bits per heavy atom. The highest BCUT2D eigenvalue weighted by atomic mass is 15.1. The van der Waals surface area contributed by atoms with E-state index in [1.165, 1.54) is 48.1 Å². The van der Waals surface area contributed by atoms with Crippen molar-refractivity contribution in [3.05, 3.63) is 83.2 Å². The number of fused-ring (bicyclic) bond motifs is 1. The summed E-state index contributed by atoms with van der Waals surface area (Å²) >= 11 is 0. The first-order chi connectivity index (χ1) is 12.1. The van der Waals surface area contributed by atoms with Crippen LogP contribution in [-0.4, -0.2) is 4.57 Å². The van der Waals surface area contributed by atoms with Crippen LogP contribution in [0.4, 0.5) is 0 Å². The quantitative estimate of drug-likeness (QED) is 0.545. The van der Waals surface area contributed by atoms with Crippen LogP contribution in [0.15, 0.2) is 60.7 Å². The number of hydrogen-bond acceptors (Lipinski definition) is 0. The van der Waals surface area contributed by atoms with E-state index in [-0.39, 0.29) is 5.54 Å². The van der Waals surface area contributed by atoms with Gasteiger partial charge in [0.15, 0.2) is 0 Å². The van der Waals surface area contributed by atoms with E-state index in [4.69, 9.17) is 0 Å². The Labute approximate surface area is 151 Å². The first-order valence-corrected chi connectivity index (χ1v) is 9.45. The van der Waals surface area contributed by atoms with Crippen molar-refractivity contribution in [3.63, 3.8) is 0 Å². The van der Waals surface area contributed by atoms with Crippen LogP contribution in [0.1, 0.15) is 49.2 Å². The van der Waals surface area contributed by atoms with Gasteiger partial charge in [-0.3, -0.25) is 0 Å². The molecular weight excluding hydrogens is 302 g/mol. The average molecular weight is 329 g/mol. The molecule has 0 spiro atoms. The van der Waals surface area contributed by atoms with Crippen LogP contribution in [0.2, 0.25) is 0 Å². The zero-order valence-corrected chi connectivity index (χ0v) is 15.5. The fourth-order valence-corrected chi connectivity index (χ4v) is 4.66. The SMILES string of the molecule is Cc1c(-c2ccccc2)c2c(n1C(C)(C)c1ccccc1)CCCC2. The molecule has 3 aromatic rings. The molecule has 4 rings (SSSR count). The van der Waals surface area contributed by atoms with Gasteiger partial charge in [-0.2, -0.15) is 0 Å². The molecule has 1 aliphatic rings. The van der Waals surface area contributed by atoms with E-state index in [1.807, 2.05) is 0 Å². The van der Waals surface area contributed by atoms with E-state index in [0.29, 0.717) is 0 Å². The molecule has 25 heavy (non-hydrogen) atoms. The van der Waals surface area contributed by atoms with Crippen molar-refractivity contribution < 1.29 is 0 Å². The molecule has 1 aliphatic carbocycles. The van der Waals surface area contributed by atoms with E-state index in [0.717, 1.165) is 0 Å². The van der Waals surface area contributed by atoms with Gasteiger partial charge < -0.3 is 4.57 Å². The lowest BCUT2D eigenvalue weighted by atomic mass is 9.90. The van der Waals surface area contributed by atoms with Crippen LogP contribution in [0.25, 0.3) is 11.1 Å². The smallest absolute Gasteiger partial charge is 0.0640 e. The molecule has 0 aliphatic heterocycles. The molecule has 0 amide bonds. The molecule has 0 fully saturated rings. The van der Waals surface area contributed by atoms with E-state index in [1.54, 1.807) is 11.3 Å². The van der Waals surface area contributed by atoms with Gasteiger partial charge in [-0.1, -0.05) is 60.7 Å². The number of rotatable bonds is 3. The third kappa shape index (κ3) is 2.63. The molecule has 1 aromatic heterocycles. The summed E-state index contributed by atoms with van der Waals surface area (Å²) in [6.45, 7) is 7.03. The highest BCUT2D eigenvalue weighted by Crippen LogP contribution is 2.41. The van der Waals surface area contributed by atoms with Gasteiger partial charge >= 0.3 is 0 Å². The summed E-state index contributed by atoms with van der Waals surface area (Å²) in [5.74, 6) is 0. The summed E-state index contributed by atoms with van der Waals surface area (Å²) in [4.78, 5) is 0. The molecule has 128 valence electrons. The molecule has 0 N–H and O–H groups in total. The Bertz CT molecular complexity index is 869. The minimum atomic E-state index is -0.0419. The molecule has 0 saturated carbocycles. The van der Waals surface area contributed by atoms with Gasteiger partial charge in [0.1, 0.15) is 0 Å². The summed E-state index contributed by atoms with van der Waals surface area (Å²) in [6.07, 6.45) is 5.01. The summed E-state index contributed by atoms with van der Waals surface area (Å²) < 4.78 is 2.62. The highest BCUT2D eigenvalue weighted by Gasteiger charge is 2.32. The third-order valence-electron chi connectivity index (χ3n) is 5.81. The molecule has 1 nitrogen and oxygen atoms in total. The van der Waals surface area contributed by atoms with Crippen molar-refractivity contribution in [3.8, 4) is 11.1 Å². The van der Waals surface area contributed by atoms with Gasteiger partial charge in [-0.15, -0.1) is 0 Å². The van der Waals surface area contributed by atoms with Gasteiger partial charge in [0, 0.05) is 17.0 Å². The summed E-state index contributed by atoms with van der Waals surface area (Å²) in [6, 6.07) is 21.9. The molecule has 0 atom stereocenters. The number of nitrogens with zero attached hydrogens (tertiary/aromatic N) is 1. The average Bonchev–Trinajstić information content (AvgIpc) is 2.95. The lowest BCUT2D eigenvalue weighted by Gasteiger charge is -2.33. The highest BCUT2D eigenvalue weighted by molar-refractivity contribution is 5.72. The molecular formula is C24H27N. The van der Waals surface area contributed by atoms with Crippen LogP contribution in [-0.2, 0) is 18.4 Å². The van der Waals surface area contributed by atoms with Gasteiger partial charge in [0.05, 0.1) is 5.54 Å². The van der Waals surface area contributed by atoms with E-state index >= 15 is 0 Å². The number of benzene rings is 2. The second kappa shape index (κ2) is 6.22. The fourth-order valence-electron chi connectivity index (χ4n) is 4.66. The lowest BCUT2D eigenvalue weighted by molar-refractivity contribution is 0.408. The molecule has 1 heterocycles. The predicted molar refractivity (Wildman–Crippen MR) is 106 cm³/mol. The zero-order chi connectivity index (χ0) is 17.4.